The maximum absolute atomic E-state index is 13.0. The van der Waals surface area contributed by atoms with Gasteiger partial charge in [-0.15, -0.1) is 0 Å². The molecule has 0 N–H and O–H groups in total. The zero-order chi connectivity index (χ0) is 19.6. The Labute approximate surface area is 175 Å². The number of likely N-dealkylation sites (N-methyl/N-ethyl adjacent to an activating group) is 1. The van der Waals surface area contributed by atoms with Gasteiger partial charge in [-0.25, -0.2) is 0 Å². The molecule has 2 aromatic rings. The zero-order valence-corrected chi connectivity index (χ0v) is 17.5. The number of likely N-dealkylation sites (tertiary alicyclic amines) is 1. The number of Topliss-reactive ketones (excluding diaryl/α,β-unsaturated/α-hetero) is 1. The van der Waals surface area contributed by atoms with Gasteiger partial charge in [0.15, 0.2) is 5.78 Å². The highest BCUT2D eigenvalue weighted by atomic mass is 35.5. The number of hydrogen-bond acceptors (Lipinski definition) is 2. The fourth-order valence-electron chi connectivity index (χ4n) is 3.04. The number of carbonyl (C=O) groups is 1. The molecule has 1 aliphatic rings. The van der Waals surface area contributed by atoms with Crippen molar-refractivity contribution in [3.63, 3.8) is 0 Å². The van der Waals surface area contributed by atoms with Crippen LogP contribution in [0.4, 0.5) is 0 Å². The van der Waals surface area contributed by atoms with Crippen molar-refractivity contribution in [1.29, 1.82) is 0 Å². The topological polar surface area (TPSA) is 20.3 Å². The number of carbonyl (C=O) groups excluding carboxylic acids is 1. The normalized spacial score (nSPS) is 18.5. The average Bonchev–Trinajstić information content (AvgIpc) is 2.64. The fraction of sp³-hybridized carbons (Fsp3) is 0.227. The number of aryl methyl sites for hydroxylation is 1. The summed E-state index contributed by atoms with van der Waals surface area (Å²) in [5.74, 6) is 0.0578. The van der Waals surface area contributed by atoms with Gasteiger partial charge in [-0.05, 0) is 60.5 Å². The molecule has 0 atom stereocenters. The SMILES string of the molecule is CCN1C/C(=C\c2ccc(C)c(Cl)c2)C(=O)/C(=C/c2ccc(Cl)c(Cl)c2)C1. The van der Waals surface area contributed by atoms with Crippen LogP contribution in [0.5, 0.6) is 0 Å². The van der Waals surface area contributed by atoms with Crippen LogP contribution in [0.2, 0.25) is 15.1 Å². The second-order valence-electron chi connectivity index (χ2n) is 6.65. The Bertz CT molecular complexity index is 873. The predicted molar refractivity (Wildman–Crippen MR) is 116 cm³/mol. The van der Waals surface area contributed by atoms with E-state index in [1.165, 1.54) is 0 Å². The Morgan fingerprint density at radius 2 is 1.44 bits per heavy atom. The molecule has 0 bridgehead atoms. The molecule has 0 spiro atoms. The molecule has 1 heterocycles. The molecule has 2 aromatic carbocycles. The first-order chi connectivity index (χ1) is 12.9. The molecule has 0 aliphatic carbocycles. The molecule has 1 aliphatic heterocycles. The molecule has 27 heavy (non-hydrogen) atoms. The van der Waals surface area contributed by atoms with Crippen LogP contribution in [-0.2, 0) is 4.79 Å². The highest BCUT2D eigenvalue weighted by Crippen LogP contribution is 2.27. The molecular weight excluding hydrogens is 401 g/mol. The maximum atomic E-state index is 13.0. The summed E-state index contributed by atoms with van der Waals surface area (Å²) in [6.45, 7) is 6.15. The zero-order valence-electron chi connectivity index (χ0n) is 15.2. The van der Waals surface area contributed by atoms with Crippen LogP contribution < -0.4 is 0 Å². The second kappa shape index (κ2) is 8.62. The maximum Gasteiger partial charge on any atom is 0.187 e. The highest BCUT2D eigenvalue weighted by Gasteiger charge is 2.25. The van der Waals surface area contributed by atoms with Crippen molar-refractivity contribution in [2.45, 2.75) is 13.8 Å². The standard InChI is InChI=1S/C22H20Cl3NO/c1-3-26-12-17(8-15-5-4-14(2)20(24)10-15)22(27)18(13-26)9-16-6-7-19(23)21(25)11-16/h4-11H,3,12-13H2,1-2H3/b17-8+,18-9+. The van der Waals surface area contributed by atoms with E-state index < -0.39 is 0 Å². The Morgan fingerprint density at radius 3 is 1.96 bits per heavy atom. The van der Waals surface area contributed by atoms with E-state index in [2.05, 4.69) is 11.8 Å². The molecule has 0 saturated carbocycles. The minimum atomic E-state index is 0.0578. The monoisotopic (exact) mass is 419 g/mol. The van der Waals surface area contributed by atoms with Gasteiger partial charge < -0.3 is 0 Å². The molecule has 0 radical (unpaired) electrons. The summed E-state index contributed by atoms with van der Waals surface area (Å²) in [7, 11) is 0. The van der Waals surface area contributed by atoms with Gasteiger partial charge in [0.2, 0.25) is 0 Å². The van der Waals surface area contributed by atoms with E-state index in [1.807, 2.05) is 43.3 Å². The van der Waals surface area contributed by atoms with Gasteiger partial charge in [-0.2, -0.15) is 0 Å². The van der Waals surface area contributed by atoms with Gasteiger partial charge >= 0.3 is 0 Å². The summed E-state index contributed by atoms with van der Waals surface area (Å²) >= 11 is 18.3. The third-order valence-electron chi connectivity index (χ3n) is 4.64. The molecule has 2 nitrogen and oxygen atoms in total. The summed E-state index contributed by atoms with van der Waals surface area (Å²) in [6, 6.07) is 11.2. The number of piperidine rings is 1. The van der Waals surface area contributed by atoms with Gasteiger partial charge in [0.05, 0.1) is 10.0 Å². The number of halogens is 3. The smallest absolute Gasteiger partial charge is 0.187 e. The lowest BCUT2D eigenvalue weighted by Gasteiger charge is -2.28. The molecule has 140 valence electrons. The van der Waals surface area contributed by atoms with Crippen molar-refractivity contribution >= 4 is 52.7 Å². The number of ketones is 1. The van der Waals surface area contributed by atoms with Crippen LogP contribution in [0.3, 0.4) is 0 Å². The predicted octanol–water partition coefficient (Wildman–Crippen LogP) is 6.33. The Morgan fingerprint density at radius 1 is 0.889 bits per heavy atom. The van der Waals surface area contributed by atoms with Crippen molar-refractivity contribution in [1.82, 2.24) is 4.90 Å². The lowest BCUT2D eigenvalue weighted by Crippen LogP contribution is -2.37. The fourth-order valence-corrected chi connectivity index (χ4v) is 3.53. The van der Waals surface area contributed by atoms with Crippen LogP contribution in [-0.4, -0.2) is 30.3 Å². The van der Waals surface area contributed by atoms with Gasteiger partial charge in [0.25, 0.3) is 0 Å². The van der Waals surface area contributed by atoms with E-state index in [1.54, 1.807) is 12.1 Å². The van der Waals surface area contributed by atoms with E-state index in [0.29, 0.717) is 28.2 Å². The molecule has 3 rings (SSSR count). The minimum Gasteiger partial charge on any atom is -0.295 e. The van der Waals surface area contributed by atoms with E-state index in [4.69, 9.17) is 34.8 Å². The van der Waals surface area contributed by atoms with Gasteiger partial charge in [-0.1, -0.05) is 59.9 Å². The first kappa shape index (κ1) is 20.2. The lowest BCUT2D eigenvalue weighted by molar-refractivity contribution is -0.113. The first-order valence-electron chi connectivity index (χ1n) is 8.76. The largest absolute Gasteiger partial charge is 0.295 e. The number of nitrogens with zero attached hydrogens (tertiary/aromatic N) is 1. The van der Waals surface area contributed by atoms with Crippen LogP contribution in [0.1, 0.15) is 23.6 Å². The molecule has 0 aromatic heterocycles. The number of hydrogen-bond donors (Lipinski definition) is 0. The van der Waals surface area contributed by atoms with Crippen LogP contribution in [0.15, 0.2) is 47.5 Å². The van der Waals surface area contributed by atoms with Crippen LogP contribution in [0, 0.1) is 6.92 Å². The van der Waals surface area contributed by atoms with Crippen LogP contribution >= 0.6 is 34.8 Å². The molecular formula is C22H20Cl3NO. The number of benzene rings is 2. The lowest BCUT2D eigenvalue weighted by atomic mass is 9.94. The minimum absolute atomic E-state index is 0.0578. The van der Waals surface area contributed by atoms with E-state index >= 15 is 0 Å². The number of rotatable bonds is 3. The van der Waals surface area contributed by atoms with Crippen molar-refractivity contribution in [3.8, 4) is 0 Å². The summed E-state index contributed by atoms with van der Waals surface area (Å²) in [4.78, 5) is 15.3. The third kappa shape index (κ3) is 4.83. The quantitative estimate of drug-likeness (QED) is 0.541. The van der Waals surface area contributed by atoms with Gasteiger partial charge in [0, 0.05) is 29.3 Å². The Kier molecular flexibility index (Phi) is 6.44. The average molecular weight is 421 g/mol. The van der Waals surface area contributed by atoms with E-state index in [9.17, 15) is 4.79 Å². The Balaban J connectivity index is 1.97. The van der Waals surface area contributed by atoms with Crippen LogP contribution in [0.25, 0.3) is 12.2 Å². The summed E-state index contributed by atoms with van der Waals surface area (Å²) in [5, 5.41) is 1.68. The summed E-state index contributed by atoms with van der Waals surface area (Å²) < 4.78 is 0. The first-order valence-corrected chi connectivity index (χ1v) is 9.90. The highest BCUT2D eigenvalue weighted by molar-refractivity contribution is 6.42. The molecule has 1 saturated heterocycles. The van der Waals surface area contributed by atoms with Crippen molar-refractivity contribution in [2.75, 3.05) is 19.6 Å². The van der Waals surface area contributed by atoms with Crippen molar-refractivity contribution in [2.24, 2.45) is 0 Å². The van der Waals surface area contributed by atoms with Crippen molar-refractivity contribution in [3.05, 3.63) is 79.3 Å². The second-order valence-corrected chi connectivity index (χ2v) is 7.88. The molecule has 5 heteroatoms. The van der Waals surface area contributed by atoms with E-state index in [-0.39, 0.29) is 5.78 Å². The van der Waals surface area contributed by atoms with E-state index in [0.717, 1.165) is 34.4 Å². The third-order valence-corrected chi connectivity index (χ3v) is 5.79. The molecule has 0 amide bonds. The van der Waals surface area contributed by atoms with Crippen molar-refractivity contribution < 1.29 is 4.79 Å². The van der Waals surface area contributed by atoms with Gasteiger partial charge in [0.1, 0.15) is 0 Å². The van der Waals surface area contributed by atoms with Gasteiger partial charge in [-0.3, -0.25) is 9.69 Å². The molecule has 1 fully saturated rings. The summed E-state index contributed by atoms with van der Waals surface area (Å²) in [5.41, 5.74) is 4.31. The molecule has 0 unspecified atom stereocenters. The summed E-state index contributed by atoms with van der Waals surface area (Å²) in [6.07, 6.45) is 3.82. The Hall–Kier alpha value is -1.58.